The van der Waals surface area contributed by atoms with E-state index in [1.165, 1.54) is 34.4 Å². The van der Waals surface area contributed by atoms with Crippen LogP contribution >= 0.6 is 11.3 Å². The first-order chi connectivity index (χ1) is 15.8. The van der Waals surface area contributed by atoms with E-state index >= 15 is 0 Å². The Morgan fingerprint density at radius 3 is 2.42 bits per heavy atom. The Morgan fingerprint density at radius 1 is 1.00 bits per heavy atom. The molecule has 1 saturated heterocycles. The number of fused-ring (bicyclic) bond motifs is 1. The SMILES string of the molecule is Cc1ccc(C(O)=C2C(=O)C(=O)N(c3nc4ccc(C)cc4s3)[C@H]2c2ccccc2F)cc1. The predicted octanol–water partition coefficient (Wildman–Crippen LogP) is 5.68. The third kappa shape index (κ3) is 3.50. The molecular formula is C26H19FN2O3S. The standard InChI is InChI=1S/C26H19FN2O3S/c1-14-7-10-16(11-8-14)23(30)21-22(17-5-3-4-6-18(17)27)29(25(32)24(21)31)26-28-19-12-9-15(2)13-20(19)33-26/h3-13,22,30H,1-2H3/t22-/m0/s1. The van der Waals surface area contributed by atoms with E-state index in [-0.39, 0.29) is 22.0 Å². The average Bonchev–Trinajstić information content (AvgIpc) is 3.32. The number of hydrogen-bond acceptors (Lipinski definition) is 5. The van der Waals surface area contributed by atoms with Crippen LogP contribution in [-0.2, 0) is 9.59 Å². The van der Waals surface area contributed by atoms with Gasteiger partial charge in [0, 0.05) is 11.1 Å². The number of halogens is 1. The second kappa shape index (κ2) is 7.94. The lowest BCUT2D eigenvalue weighted by molar-refractivity contribution is -0.132. The lowest BCUT2D eigenvalue weighted by Gasteiger charge is -2.23. The molecule has 5 rings (SSSR count). The summed E-state index contributed by atoms with van der Waals surface area (Å²) < 4.78 is 15.8. The normalized spacial score (nSPS) is 17.8. The Morgan fingerprint density at radius 2 is 1.70 bits per heavy atom. The molecule has 7 heteroatoms. The van der Waals surface area contributed by atoms with Gasteiger partial charge in [0.15, 0.2) is 5.13 Å². The van der Waals surface area contributed by atoms with Crippen molar-refractivity contribution >= 4 is 44.1 Å². The van der Waals surface area contributed by atoms with Crippen LogP contribution in [0.3, 0.4) is 0 Å². The summed E-state index contributed by atoms with van der Waals surface area (Å²) in [5.74, 6) is -2.66. The van der Waals surface area contributed by atoms with Crippen molar-refractivity contribution in [2.24, 2.45) is 0 Å². The van der Waals surface area contributed by atoms with Crippen LogP contribution in [0.2, 0.25) is 0 Å². The van der Waals surface area contributed by atoms with Gasteiger partial charge >= 0.3 is 5.91 Å². The maximum absolute atomic E-state index is 15.0. The molecule has 0 saturated carbocycles. The van der Waals surface area contributed by atoms with Crippen LogP contribution in [0, 0.1) is 19.7 Å². The van der Waals surface area contributed by atoms with Crippen molar-refractivity contribution in [1.29, 1.82) is 0 Å². The van der Waals surface area contributed by atoms with Crippen LogP contribution in [0.4, 0.5) is 9.52 Å². The lowest BCUT2D eigenvalue weighted by Crippen LogP contribution is -2.29. The summed E-state index contributed by atoms with van der Waals surface area (Å²) in [6.45, 7) is 3.85. The van der Waals surface area contributed by atoms with Gasteiger partial charge in [-0.15, -0.1) is 0 Å². The molecule has 0 aliphatic carbocycles. The minimum absolute atomic E-state index is 0.112. The molecule has 1 fully saturated rings. The van der Waals surface area contributed by atoms with Gasteiger partial charge in [-0.2, -0.15) is 0 Å². The second-order valence-corrected chi connectivity index (χ2v) is 9.03. The molecule has 1 N–H and O–H groups in total. The molecule has 33 heavy (non-hydrogen) atoms. The van der Waals surface area contributed by atoms with Crippen molar-refractivity contribution in [1.82, 2.24) is 4.98 Å². The number of ketones is 1. The maximum Gasteiger partial charge on any atom is 0.301 e. The van der Waals surface area contributed by atoms with E-state index < -0.39 is 23.5 Å². The van der Waals surface area contributed by atoms with Gasteiger partial charge in [0.1, 0.15) is 17.6 Å². The zero-order chi connectivity index (χ0) is 23.3. The predicted molar refractivity (Wildman–Crippen MR) is 127 cm³/mol. The quantitative estimate of drug-likeness (QED) is 0.244. The average molecular weight is 459 g/mol. The number of carbonyl (C=O) groups excluding carboxylic acids is 2. The second-order valence-electron chi connectivity index (χ2n) is 8.02. The van der Waals surface area contributed by atoms with Gasteiger partial charge < -0.3 is 5.11 Å². The summed E-state index contributed by atoms with van der Waals surface area (Å²) in [7, 11) is 0. The van der Waals surface area contributed by atoms with Crippen LogP contribution in [0.25, 0.3) is 16.0 Å². The van der Waals surface area contributed by atoms with Crippen LogP contribution < -0.4 is 4.90 Å². The van der Waals surface area contributed by atoms with Gasteiger partial charge in [-0.25, -0.2) is 9.37 Å². The summed E-state index contributed by atoms with van der Waals surface area (Å²) >= 11 is 1.25. The van der Waals surface area contributed by atoms with Gasteiger partial charge in [0.2, 0.25) is 0 Å². The Bertz CT molecular complexity index is 1460. The summed E-state index contributed by atoms with van der Waals surface area (Å²) in [5, 5.41) is 11.4. The molecule has 2 heterocycles. The molecule has 4 aromatic rings. The number of aliphatic hydroxyl groups is 1. The number of Topliss-reactive ketones (excluding diaryl/α,β-unsaturated/α-hetero) is 1. The molecule has 0 radical (unpaired) electrons. The molecule has 1 atom stereocenters. The number of rotatable bonds is 3. The van der Waals surface area contributed by atoms with Gasteiger partial charge in [-0.3, -0.25) is 14.5 Å². The van der Waals surface area contributed by atoms with E-state index in [9.17, 15) is 19.1 Å². The fourth-order valence-corrected chi connectivity index (χ4v) is 5.10. The summed E-state index contributed by atoms with van der Waals surface area (Å²) in [6, 6.07) is 17.4. The van der Waals surface area contributed by atoms with Crippen molar-refractivity contribution < 1.29 is 19.1 Å². The molecular weight excluding hydrogens is 439 g/mol. The van der Waals surface area contributed by atoms with E-state index in [1.807, 2.05) is 32.0 Å². The molecule has 0 unspecified atom stereocenters. The van der Waals surface area contributed by atoms with Crippen molar-refractivity contribution in [2.75, 3.05) is 4.90 Å². The molecule has 0 bridgehead atoms. The topological polar surface area (TPSA) is 70.5 Å². The molecule has 164 valence electrons. The number of aromatic nitrogens is 1. The minimum Gasteiger partial charge on any atom is -0.507 e. The Labute approximate surface area is 193 Å². The lowest BCUT2D eigenvalue weighted by atomic mass is 9.95. The van der Waals surface area contributed by atoms with Gasteiger partial charge in [-0.05, 0) is 37.6 Å². The van der Waals surface area contributed by atoms with Gasteiger partial charge in [0.05, 0.1) is 15.8 Å². The number of aliphatic hydroxyl groups excluding tert-OH is 1. The molecule has 0 spiro atoms. The zero-order valence-electron chi connectivity index (χ0n) is 17.9. The minimum atomic E-state index is -1.14. The number of aryl methyl sites for hydroxylation is 2. The van der Waals surface area contributed by atoms with Crippen LogP contribution in [0.15, 0.2) is 72.3 Å². The highest BCUT2D eigenvalue weighted by molar-refractivity contribution is 7.22. The summed E-state index contributed by atoms with van der Waals surface area (Å²) in [6.07, 6.45) is 0. The maximum atomic E-state index is 15.0. The fourth-order valence-electron chi connectivity index (χ4n) is 4.01. The highest BCUT2D eigenvalue weighted by Gasteiger charge is 2.49. The van der Waals surface area contributed by atoms with Crippen LogP contribution in [-0.4, -0.2) is 21.8 Å². The first-order valence-electron chi connectivity index (χ1n) is 10.3. The third-order valence-electron chi connectivity index (χ3n) is 5.71. The van der Waals surface area contributed by atoms with E-state index in [2.05, 4.69) is 4.98 Å². The van der Waals surface area contributed by atoms with Gasteiger partial charge in [-0.1, -0.05) is 65.4 Å². The van der Waals surface area contributed by atoms with E-state index in [4.69, 9.17) is 0 Å². The summed E-state index contributed by atoms with van der Waals surface area (Å²) in [5.41, 5.74) is 3.01. The van der Waals surface area contributed by atoms with E-state index in [0.717, 1.165) is 15.8 Å². The number of hydrogen-bond donors (Lipinski definition) is 1. The van der Waals surface area contributed by atoms with Crippen molar-refractivity contribution in [2.45, 2.75) is 19.9 Å². The van der Waals surface area contributed by atoms with Crippen LogP contribution in [0.1, 0.15) is 28.3 Å². The third-order valence-corrected chi connectivity index (χ3v) is 6.73. The number of carbonyl (C=O) groups is 2. The number of amides is 1. The van der Waals surface area contributed by atoms with Crippen molar-refractivity contribution in [3.63, 3.8) is 0 Å². The highest BCUT2D eigenvalue weighted by atomic mass is 32.1. The van der Waals surface area contributed by atoms with E-state index in [1.54, 1.807) is 30.3 Å². The summed E-state index contributed by atoms with van der Waals surface area (Å²) in [4.78, 5) is 32.1. The zero-order valence-corrected chi connectivity index (χ0v) is 18.7. The Balaban J connectivity index is 1.75. The number of nitrogens with zero attached hydrogens (tertiary/aromatic N) is 2. The van der Waals surface area contributed by atoms with Crippen LogP contribution in [0.5, 0.6) is 0 Å². The van der Waals surface area contributed by atoms with Gasteiger partial charge in [0.25, 0.3) is 5.78 Å². The molecule has 1 aromatic heterocycles. The largest absolute Gasteiger partial charge is 0.507 e. The fraction of sp³-hybridized carbons (Fsp3) is 0.115. The first kappa shape index (κ1) is 21.0. The molecule has 1 aliphatic heterocycles. The Hall–Kier alpha value is -3.84. The number of thiazole rings is 1. The highest BCUT2D eigenvalue weighted by Crippen LogP contribution is 2.44. The van der Waals surface area contributed by atoms with Crippen molar-refractivity contribution in [3.05, 3.63) is 100 Å². The molecule has 1 aliphatic rings. The number of anilines is 1. The molecule has 3 aromatic carbocycles. The smallest absolute Gasteiger partial charge is 0.301 e. The molecule has 5 nitrogen and oxygen atoms in total. The van der Waals surface area contributed by atoms with E-state index in [0.29, 0.717) is 11.1 Å². The monoisotopic (exact) mass is 458 g/mol. The number of benzene rings is 3. The van der Waals surface area contributed by atoms with Crippen molar-refractivity contribution in [3.8, 4) is 0 Å². The molecule has 1 amide bonds. The Kier molecular flexibility index (Phi) is 5.06. The first-order valence-corrected chi connectivity index (χ1v) is 11.2.